The Morgan fingerprint density at radius 3 is 2.86 bits per heavy atom. The van der Waals surface area contributed by atoms with Crippen LogP contribution in [0.3, 0.4) is 0 Å². The number of aromatic nitrogens is 1. The molecule has 0 saturated heterocycles. The smallest absolute Gasteiger partial charge is 0.128 e. The molecule has 0 amide bonds. The van der Waals surface area contributed by atoms with E-state index in [-0.39, 0.29) is 11.9 Å². The highest BCUT2D eigenvalue weighted by atomic mass is 79.9. The van der Waals surface area contributed by atoms with Crippen molar-refractivity contribution < 1.29 is 4.39 Å². The number of H-pyrrole nitrogens is 1. The molecule has 0 bridgehead atoms. The Kier molecular flexibility index (Phi) is 3.08. The van der Waals surface area contributed by atoms with Crippen molar-refractivity contribution in [1.82, 2.24) is 10.3 Å². The van der Waals surface area contributed by atoms with Crippen molar-refractivity contribution in [1.29, 1.82) is 0 Å². The summed E-state index contributed by atoms with van der Waals surface area (Å²) < 4.78 is 15.2. The quantitative estimate of drug-likeness (QED) is 0.676. The van der Waals surface area contributed by atoms with Gasteiger partial charge in [0.1, 0.15) is 5.82 Å². The molecule has 1 aromatic heterocycles. The van der Waals surface area contributed by atoms with Crippen LogP contribution in [0.4, 0.5) is 4.39 Å². The fourth-order valence-electron chi connectivity index (χ4n) is 3.17. The summed E-state index contributed by atoms with van der Waals surface area (Å²) in [6, 6.07) is 13.1. The summed E-state index contributed by atoms with van der Waals surface area (Å²) >= 11 is 3.53. The van der Waals surface area contributed by atoms with E-state index in [1.807, 2.05) is 18.2 Å². The molecular weight excluding hydrogens is 331 g/mol. The Hall–Kier alpha value is -1.65. The first-order chi connectivity index (χ1) is 10.2. The highest BCUT2D eigenvalue weighted by Crippen LogP contribution is 2.35. The molecule has 1 aliphatic heterocycles. The predicted molar refractivity (Wildman–Crippen MR) is 85.9 cm³/mol. The van der Waals surface area contributed by atoms with Crippen molar-refractivity contribution in [2.45, 2.75) is 12.5 Å². The van der Waals surface area contributed by atoms with E-state index >= 15 is 0 Å². The van der Waals surface area contributed by atoms with E-state index in [1.54, 1.807) is 6.07 Å². The van der Waals surface area contributed by atoms with E-state index in [4.69, 9.17) is 0 Å². The fourth-order valence-corrected chi connectivity index (χ4v) is 3.54. The Labute approximate surface area is 130 Å². The summed E-state index contributed by atoms with van der Waals surface area (Å²) in [6.45, 7) is 0.853. The highest BCUT2D eigenvalue weighted by Gasteiger charge is 2.26. The average molecular weight is 345 g/mol. The van der Waals surface area contributed by atoms with E-state index < -0.39 is 0 Å². The maximum atomic E-state index is 14.1. The molecule has 2 N–H and O–H groups in total. The fraction of sp³-hybridized carbons (Fsp3) is 0.176. The van der Waals surface area contributed by atoms with Crippen LogP contribution in [0.1, 0.15) is 22.9 Å². The lowest BCUT2D eigenvalue weighted by Crippen LogP contribution is -2.31. The second-order valence-corrected chi connectivity index (χ2v) is 6.28. The molecule has 2 aromatic carbocycles. The van der Waals surface area contributed by atoms with Crippen molar-refractivity contribution in [3.05, 3.63) is 69.6 Å². The average Bonchev–Trinajstić information content (AvgIpc) is 2.86. The molecule has 2 nitrogen and oxygen atoms in total. The number of hydrogen-bond donors (Lipinski definition) is 2. The molecule has 4 heteroatoms. The minimum Gasteiger partial charge on any atom is -0.357 e. The standard InChI is InChI=1S/C17H14BrFN2/c18-10-5-6-15-13(9-10)11-7-8-20-16(17(11)21-15)12-3-1-2-4-14(12)19/h1-6,9,16,20-21H,7-8H2. The van der Waals surface area contributed by atoms with E-state index in [1.165, 1.54) is 17.0 Å². The molecular formula is C17H14BrFN2. The van der Waals surface area contributed by atoms with Crippen molar-refractivity contribution in [3.8, 4) is 0 Å². The van der Waals surface area contributed by atoms with E-state index in [0.29, 0.717) is 5.56 Å². The third-order valence-electron chi connectivity index (χ3n) is 4.13. The van der Waals surface area contributed by atoms with Gasteiger partial charge in [-0.1, -0.05) is 34.1 Å². The number of aromatic amines is 1. The van der Waals surface area contributed by atoms with Crippen LogP contribution >= 0.6 is 15.9 Å². The predicted octanol–water partition coefficient (Wildman–Crippen LogP) is 4.30. The molecule has 3 aromatic rings. The molecule has 1 aliphatic rings. The third kappa shape index (κ3) is 2.10. The van der Waals surface area contributed by atoms with E-state index in [9.17, 15) is 4.39 Å². The lowest BCUT2D eigenvalue weighted by Gasteiger charge is -2.25. The minimum atomic E-state index is -0.164. The molecule has 4 rings (SSSR count). The summed E-state index contributed by atoms with van der Waals surface area (Å²) in [6.07, 6.45) is 0.955. The number of hydrogen-bond acceptors (Lipinski definition) is 1. The van der Waals surface area contributed by atoms with Crippen LogP contribution in [-0.4, -0.2) is 11.5 Å². The van der Waals surface area contributed by atoms with Gasteiger partial charge in [0.15, 0.2) is 0 Å². The van der Waals surface area contributed by atoms with Crippen LogP contribution in [0, 0.1) is 5.82 Å². The van der Waals surface area contributed by atoms with Crippen LogP contribution in [0.5, 0.6) is 0 Å². The number of fused-ring (bicyclic) bond motifs is 3. The molecule has 21 heavy (non-hydrogen) atoms. The van der Waals surface area contributed by atoms with Crippen LogP contribution in [-0.2, 0) is 6.42 Å². The summed E-state index contributed by atoms with van der Waals surface area (Å²) in [7, 11) is 0. The SMILES string of the molecule is Fc1ccccc1C1NCCc2c1[nH]c1ccc(Br)cc21. The summed E-state index contributed by atoms with van der Waals surface area (Å²) in [5.41, 5.74) is 4.18. The summed E-state index contributed by atoms with van der Waals surface area (Å²) in [5, 5.41) is 4.65. The largest absolute Gasteiger partial charge is 0.357 e. The maximum Gasteiger partial charge on any atom is 0.128 e. The molecule has 0 aliphatic carbocycles. The highest BCUT2D eigenvalue weighted by molar-refractivity contribution is 9.10. The first-order valence-electron chi connectivity index (χ1n) is 7.02. The van der Waals surface area contributed by atoms with Gasteiger partial charge in [-0.05, 0) is 36.2 Å². The van der Waals surface area contributed by atoms with Gasteiger partial charge in [-0.25, -0.2) is 4.39 Å². The molecule has 2 heterocycles. The van der Waals surface area contributed by atoms with Gasteiger partial charge in [0.25, 0.3) is 0 Å². The van der Waals surface area contributed by atoms with Gasteiger partial charge in [-0.3, -0.25) is 0 Å². The normalized spacial score (nSPS) is 17.9. The lowest BCUT2D eigenvalue weighted by atomic mass is 9.94. The number of rotatable bonds is 1. The zero-order chi connectivity index (χ0) is 14.4. The second-order valence-electron chi connectivity index (χ2n) is 5.37. The third-order valence-corrected chi connectivity index (χ3v) is 4.62. The number of nitrogens with one attached hydrogen (secondary N) is 2. The van der Waals surface area contributed by atoms with Crippen LogP contribution < -0.4 is 5.32 Å². The molecule has 0 spiro atoms. The summed E-state index contributed by atoms with van der Waals surface area (Å²) in [4.78, 5) is 3.47. The zero-order valence-corrected chi connectivity index (χ0v) is 12.9. The number of halogens is 2. The Morgan fingerprint density at radius 1 is 1.14 bits per heavy atom. The van der Waals surface area contributed by atoms with Crippen molar-refractivity contribution in [3.63, 3.8) is 0 Å². The summed E-state index contributed by atoms with van der Waals surface area (Å²) in [5.74, 6) is -0.164. The van der Waals surface area contributed by atoms with Crippen LogP contribution in [0.2, 0.25) is 0 Å². The van der Waals surface area contributed by atoms with Crippen molar-refractivity contribution >= 4 is 26.8 Å². The molecule has 0 radical (unpaired) electrons. The zero-order valence-electron chi connectivity index (χ0n) is 11.3. The van der Waals surface area contributed by atoms with Gasteiger partial charge in [0.2, 0.25) is 0 Å². The molecule has 0 fully saturated rings. The van der Waals surface area contributed by atoms with Gasteiger partial charge in [-0.2, -0.15) is 0 Å². The van der Waals surface area contributed by atoms with Gasteiger partial charge in [-0.15, -0.1) is 0 Å². The van der Waals surface area contributed by atoms with Crippen LogP contribution in [0.15, 0.2) is 46.9 Å². The van der Waals surface area contributed by atoms with Gasteiger partial charge in [0, 0.05) is 33.2 Å². The first kappa shape index (κ1) is 13.0. The second kappa shape index (κ2) is 4.97. The maximum absolute atomic E-state index is 14.1. The van der Waals surface area contributed by atoms with Crippen LogP contribution in [0.25, 0.3) is 10.9 Å². The monoisotopic (exact) mass is 344 g/mol. The Bertz CT molecular complexity index is 825. The lowest BCUT2D eigenvalue weighted by molar-refractivity contribution is 0.523. The van der Waals surface area contributed by atoms with Gasteiger partial charge < -0.3 is 10.3 Å². The van der Waals surface area contributed by atoms with Crippen molar-refractivity contribution in [2.75, 3.05) is 6.54 Å². The molecule has 0 saturated carbocycles. The van der Waals surface area contributed by atoms with Crippen molar-refractivity contribution in [2.24, 2.45) is 0 Å². The Balaban J connectivity index is 1.92. The first-order valence-corrected chi connectivity index (χ1v) is 7.81. The minimum absolute atomic E-state index is 0.110. The number of benzene rings is 2. The Morgan fingerprint density at radius 2 is 2.00 bits per heavy atom. The van der Waals surface area contributed by atoms with E-state index in [0.717, 1.165) is 28.6 Å². The molecule has 1 atom stereocenters. The van der Waals surface area contributed by atoms with E-state index in [2.05, 4.69) is 38.4 Å². The molecule has 106 valence electrons. The topological polar surface area (TPSA) is 27.8 Å². The molecule has 1 unspecified atom stereocenters. The van der Waals surface area contributed by atoms with Gasteiger partial charge >= 0.3 is 0 Å². The van der Waals surface area contributed by atoms with Gasteiger partial charge in [0.05, 0.1) is 6.04 Å².